The zero-order valence-electron chi connectivity index (χ0n) is 29.2. The number of anilines is 2. The number of nitrogens with zero attached hydrogens (tertiary/aromatic N) is 5. The third-order valence-electron chi connectivity index (χ3n) is 8.87. The van der Waals surface area contributed by atoms with Crippen LogP contribution < -0.4 is 20.1 Å². The third-order valence-corrected chi connectivity index (χ3v) is 8.87. The molecule has 2 aromatic carbocycles. The highest BCUT2D eigenvalue weighted by Gasteiger charge is 2.17. The van der Waals surface area contributed by atoms with Crippen molar-refractivity contribution in [3.8, 4) is 34.0 Å². The van der Waals surface area contributed by atoms with Gasteiger partial charge in [-0.2, -0.15) is 10.2 Å². The largest absolute Gasteiger partial charge is 0.497 e. The molecule has 266 valence electrons. The van der Waals surface area contributed by atoms with Gasteiger partial charge in [0.2, 0.25) is 17.7 Å². The van der Waals surface area contributed by atoms with Gasteiger partial charge in [0.1, 0.15) is 11.5 Å². The Morgan fingerprint density at radius 2 is 1.36 bits per heavy atom. The molecule has 0 spiro atoms. The van der Waals surface area contributed by atoms with Crippen molar-refractivity contribution >= 4 is 29.4 Å². The summed E-state index contributed by atoms with van der Waals surface area (Å²) < 4.78 is 12.4. The van der Waals surface area contributed by atoms with Gasteiger partial charge in [-0.3, -0.25) is 24.2 Å². The summed E-state index contributed by atoms with van der Waals surface area (Å²) in [7, 11) is 3.25. The molecule has 0 radical (unpaired) electrons. The van der Waals surface area contributed by atoms with Crippen molar-refractivity contribution in [1.82, 2.24) is 29.8 Å². The lowest BCUT2D eigenvalue weighted by molar-refractivity contribution is -0.128. The minimum Gasteiger partial charge on any atom is -0.497 e. The molecule has 3 amide bonds. The highest BCUT2D eigenvalue weighted by molar-refractivity contribution is 5.91. The zero-order chi connectivity index (χ0) is 35.3. The number of nitrogens with one attached hydrogen (secondary N) is 3. The van der Waals surface area contributed by atoms with Gasteiger partial charge < -0.3 is 29.9 Å². The van der Waals surface area contributed by atoms with Gasteiger partial charge in [-0.1, -0.05) is 0 Å². The first-order valence-corrected chi connectivity index (χ1v) is 17.3. The van der Waals surface area contributed by atoms with Crippen molar-refractivity contribution in [3.05, 3.63) is 60.7 Å². The maximum absolute atomic E-state index is 12.9. The Hall–Kier alpha value is -5.17. The van der Waals surface area contributed by atoms with Crippen LogP contribution in [-0.4, -0.2) is 94.4 Å². The van der Waals surface area contributed by atoms with E-state index in [4.69, 9.17) is 14.6 Å². The van der Waals surface area contributed by atoms with Crippen LogP contribution in [0.4, 0.5) is 11.6 Å². The molecule has 1 aliphatic rings. The number of carbonyl (C=O) groups is 3. The molecule has 4 aromatic rings. The fourth-order valence-electron chi connectivity index (χ4n) is 6.03. The van der Waals surface area contributed by atoms with E-state index in [1.54, 1.807) is 27.2 Å². The Bertz CT molecular complexity index is 1700. The second kappa shape index (κ2) is 18.0. The molecule has 2 aromatic heterocycles. The third kappa shape index (κ3) is 10.4. The minimum absolute atomic E-state index is 0.0697. The van der Waals surface area contributed by atoms with E-state index in [-0.39, 0.29) is 17.7 Å². The predicted molar refractivity (Wildman–Crippen MR) is 193 cm³/mol. The molecule has 13 heteroatoms. The van der Waals surface area contributed by atoms with Gasteiger partial charge in [-0.05, 0) is 99.3 Å². The van der Waals surface area contributed by atoms with E-state index in [9.17, 15) is 14.4 Å². The van der Waals surface area contributed by atoms with E-state index >= 15 is 0 Å². The molecule has 3 heterocycles. The fourth-order valence-corrected chi connectivity index (χ4v) is 6.03. The van der Waals surface area contributed by atoms with Crippen LogP contribution >= 0.6 is 0 Å². The lowest BCUT2D eigenvalue weighted by Crippen LogP contribution is -2.34. The Morgan fingerprint density at radius 3 is 2.00 bits per heavy atom. The van der Waals surface area contributed by atoms with Crippen LogP contribution in [0.15, 0.2) is 60.7 Å². The van der Waals surface area contributed by atoms with Crippen molar-refractivity contribution in [2.45, 2.75) is 58.4 Å². The molecular formula is C37H48N8O5. The first kappa shape index (κ1) is 36.1. The van der Waals surface area contributed by atoms with Crippen LogP contribution in [0.1, 0.15) is 51.9 Å². The van der Waals surface area contributed by atoms with Gasteiger partial charge in [0.25, 0.3) is 0 Å². The summed E-state index contributed by atoms with van der Waals surface area (Å²) in [5.41, 5.74) is 3.56. The van der Waals surface area contributed by atoms with Crippen molar-refractivity contribution < 1.29 is 23.9 Å². The number of hydrogen-bond acceptors (Lipinski definition) is 8. The highest BCUT2D eigenvalue weighted by atomic mass is 16.5. The van der Waals surface area contributed by atoms with Crippen LogP contribution in [0.3, 0.4) is 0 Å². The number of carbonyl (C=O) groups excluding carboxylic acids is 3. The van der Waals surface area contributed by atoms with Gasteiger partial charge in [0.05, 0.1) is 25.6 Å². The smallest absolute Gasteiger partial charge is 0.225 e. The zero-order valence-corrected chi connectivity index (χ0v) is 29.2. The number of aromatic nitrogens is 4. The van der Waals surface area contributed by atoms with Gasteiger partial charge in [0, 0.05) is 63.6 Å². The average molecular weight is 685 g/mol. The number of aryl methyl sites for hydroxylation is 1. The van der Waals surface area contributed by atoms with Crippen LogP contribution in [0, 0.1) is 0 Å². The molecule has 1 fully saturated rings. The molecule has 3 N–H and O–H groups in total. The predicted octanol–water partition coefficient (Wildman–Crippen LogP) is 5.43. The Balaban J connectivity index is 1.10. The van der Waals surface area contributed by atoms with E-state index in [1.165, 1.54) is 0 Å². The number of benzene rings is 2. The summed E-state index contributed by atoms with van der Waals surface area (Å²) in [4.78, 5) is 41.6. The molecule has 0 unspecified atom stereocenters. The summed E-state index contributed by atoms with van der Waals surface area (Å²) in [6.07, 6.45) is 4.76. The molecule has 1 saturated heterocycles. The number of aromatic amines is 1. The SMILES string of the molecule is COc1ccc(-c2cc(NC(=O)CCCCn3nc(NC(=O)CCCCN4CCCN(C(C)=O)CC4)cc3-c3ccc(OC)cc3)n[nH]2)cc1. The monoisotopic (exact) mass is 684 g/mol. The van der Waals surface area contributed by atoms with Crippen LogP contribution in [0.2, 0.25) is 0 Å². The number of hydrogen-bond donors (Lipinski definition) is 3. The molecule has 0 atom stereocenters. The van der Waals surface area contributed by atoms with Crippen LogP contribution in [-0.2, 0) is 20.9 Å². The number of H-pyrrole nitrogens is 1. The van der Waals surface area contributed by atoms with Gasteiger partial charge in [-0.25, -0.2) is 0 Å². The second-order valence-corrected chi connectivity index (χ2v) is 12.5. The number of ether oxygens (including phenoxy) is 2. The van der Waals surface area contributed by atoms with Gasteiger partial charge in [0.15, 0.2) is 11.6 Å². The second-order valence-electron chi connectivity index (χ2n) is 12.5. The maximum atomic E-state index is 12.9. The Morgan fingerprint density at radius 1 is 0.740 bits per heavy atom. The van der Waals surface area contributed by atoms with E-state index in [0.29, 0.717) is 43.9 Å². The van der Waals surface area contributed by atoms with Crippen molar-refractivity contribution in [3.63, 3.8) is 0 Å². The lowest BCUT2D eigenvalue weighted by Gasteiger charge is -2.20. The summed E-state index contributed by atoms with van der Waals surface area (Å²) in [5.74, 6) is 2.44. The first-order chi connectivity index (χ1) is 24.3. The summed E-state index contributed by atoms with van der Waals surface area (Å²) in [6.45, 7) is 6.54. The molecule has 0 bridgehead atoms. The van der Waals surface area contributed by atoms with Crippen LogP contribution in [0.25, 0.3) is 22.5 Å². The van der Waals surface area contributed by atoms with E-state index < -0.39 is 0 Å². The average Bonchev–Trinajstić information content (AvgIpc) is 3.68. The van der Waals surface area contributed by atoms with Crippen molar-refractivity contribution in [2.75, 3.05) is 57.6 Å². The topological polar surface area (TPSA) is 147 Å². The normalized spacial score (nSPS) is 13.5. The molecular weight excluding hydrogens is 636 g/mol. The Kier molecular flexibility index (Phi) is 13.0. The Labute approximate surface area is 293 Å². The standard InChI is InChI=1S/C37H48N8O5/c1-27(46)44-21-8-20-43(23-24-44)19-6-4-9-37(48)39-35-26-33(29-13-17-31(50-3)18-14-29)45(42-35)22-7-5-10-36(47)38-34-25-32(40-41-34)28-11-15-30(49-2)16-12-28/h11-18,25-26H,4-10,19-24H2,1-3H3,(H,39,42,48)(H2,38,40,41,47). The van der Waals surface area contributed by atoms with Crippen molar-refractivity contribution in [2.24, 2.45) is 0 Å². The molecule has 50 heavy (non-hydrogen) atoms. The van der Waals surface area contributed by atoms with Gasteiger partial charge in [-0.15, -0.1) is 0 Å². The van der Waals surface area contributed by atoms with Crippen LogP contribution in [0.5, 0.6) is 11.5 Å². The number of rotatable bonds is 16. The molecule has 0 saturated carbocycles. The number of methoxy groups -OCH3 is 2. The fraction of sp³-hybridized carbons (Fsp3) is 0.432. The maximum Gasteiger partial charge on any atom is 0.225 e. The molecule has 1 aliphatic heterocycles. The lowest BCUT2D eigenvalue weighted by atomic mass is 10.1. The number of amides is 3. The van der Waals surface area contributed by atoms with E-state index in [0.717, 1.165) is 86.0 Å². The highest BCUT2D eigenvalue weighted by Crippen LogP contribution is 2.26. The summed E-state index contributed by atoms with van der Waals surface area (Å²) >= 11 is 0. The van der Waals surface area contributed by atoms with E-state index in [1.807, 2.05) is 64.2 Å². The molecule has 13 nitrogen and oxygen atoms in total. The first-order valence-electron chi connectivity index (χ1n) is 17.3. The molecule has 0 aliphatic carbocycles. The van der Waals surface area contributed by atoms with Gasteiger partial charge >= 0.3 is 0 Å². The summed E-state index contributed by atoms with van der Waals surface area (Å²) in [6, 6.07) is 19.0. The van der Waals surface area contributed by atoms with E-state index in [2.05, 4.69) is 25.7 Å². The minimum atomic E-state index is -0.115. The quantitative estimate of drug-likeness (QED) is 0.133. The molecule has 5 rings (SSSR count). The summed E-state index contributed by atoms with van der Waals surface area (Å²) in [5, 5.41) is 17.8. The number of unbranched alkanes of at least 4 members (excludes halogenated alkanes) is 2. The van der Waals surface area contributed by atoms with Crippen molar-refractivity contribution in [1.29, 1.82) is 0 Å².